The van der Waals surface area contributed by atoms with Crippen molar-refractivity contribution in [3.05, 3.63) is 95.3 Å². The van der Waals surface area contributed by atoms with Gasteiger partial charge in [-0.25, -0.2) is 0 Å². The highest BCUT2D eigenvalue weighted by Gasteiger charge is 2.20. The third kappa shape index (κ3) is 4.70. The van der Waals surface area contributed by atoms with Crippen LogP contribution in [0.2, 0.25) is 5.02 Å². The van der Waals surface area contributed by atoms with Crippen LogP contribution < -0.4 is 4.90 Å². The van der Waals surface area contributed by atoms with Crippen LogP contribution in [0.15, 0.2) is 79.0 Å². The zero-order valence-electron chi connectivity index (χ0n) is 14.7. The van der Waals surface area contributed by atoms with Crippen LogP contribution in [0.5, 0.6) is 0 Å². The molecule has 3 nitrogen and oxygen atoms in total. The molecule has 4 heteroatoms. The average molecular weight is 365 g/mol. The number of nitrogens with zero attached hydrogens (tertiary/aromatic N) is 2. The first kappa shape index (κ1) is 18.2. The molecule has 1 heterocycles. The Kier molecular flexibility index (Phi) is 6.03. The summed E-state index contributed by atoms with van der Waals surface area (Å²) in [7, 11) is 0. The molecule has 132 valence electrons. The Morgan fingerprint density at radius 3 is 2.35 bits per heavy atom. The Bertz CT molecular complexity index is 835. The minimum absolute atomic E-state index is 0.0642. The fraction of sp³-hybridized carbons (Fsp3) is 0.182. The van der Waals surface area contributed by atoms with E-state index in [0.29, 0.717) is 18.0 Å². The molecule has 0 aliphatic rings. The van der Waals surface area contributed by atoms with Gasteiger partial charge in [0.2, 0.25) is 5.91 Å². The molecule has 2 aromatic carbocycles. The Morgan fingerprint density at radius 2 is 1.69 bits per heavy atom. The van der Waals surface area contributed by atoms with Gasteiger partial charge in [-0.3, -0.25) is 9.78 Å². The van der Waals surface area contributed by atoms with Gasteiger partial charge in [0.15, 0.2) is 0 Å². The lowest BCUT2D eigenvalue weighted by molar-refractivity contribution is -0.119. The molecule has 26 heavy (non-hydrogen) atoms. The number of carbonyl (C=O) groups is 1. The zero-order valence-corrected chi connectivity index (χ0v) is 15.4. The maximum atomic E-state index is 13.1. The van der Waals surface area contributed by atoms with Gasteiger partial charge in [0, 0.05) is 23.3 Å². The Morgan fingerprint density at radius 1 is 1.00 bits per heavy atom. The summed E-state index contributed by atoms with van der Waals surface area (Å²) in [5.74, 6) is 0.205. The number of hydrogen-bond acceptors (Lipinski definition) is 2. The van der Waals surface area contributed by atoms with Gasteiger partial charge in [0.05, 0.1) is 12.2 Å². The van der Waals surface area contributed by atoms with Gasteiger partial charge in [-0.2, -0.15) is 0 Å². The maximum Gasteiger partial charge on any atom is 0.227 e. The average Bonchev–Trinajstić information content (AvgIpc) is 2.68. The zero-order chi connectivity index (χ0) is 18.4. The van der Waals surface area contributed by atoms with E-state index < -0.39 is 0 Å². The van der Waals surface area contributed by atoms with Gasteiger partial charge < -0.3 is 4.90 Å². The molecule has 0 saturated heterocycles. The molecule has 0 spiro atoms. The Balaban J connectivity index is 1.82. The highest BCUT2D eigenvalue weighted by molar-refractivity contribution is 6.30. The number of benzene rings is 2. The summed E-state index contributed by atoms with van der Waals surface area (Å²) in [5, 5.41) is 0.650. The van der Waals surface area contributed by atoms with E-state index in [0.717, 1.165) is 16.9 Å². The predicted molar refractivity (Wildman–Crippen MR) is 106 cm³/mol. The fourth-order valence-electron chi connectivity index (χ4n) is 2.87. The Hall–Kier alpha value is -2.65. The maximum absolute atomic E-state index is 13.1. The third-order valence-electron chi connectivity index (χ3n) is 4.34. The standard InChI is InChI=1S/C22H21ClN2O/c1-17(18-7-3-2-4-8-18)15-22(26)25(16-20-9-5-6-14-24-20)21-12-10-19(23)11-13-21/h2-14,17H,15-16H2,1H3. The van der Waals surface area contributed by atoms with E-state index in [1.54, 1.807) is 23.2 Å². The van der Waals surface area contributed by atoms with Crippen molar-refractivity contribution >= 4 is 23.2 Å². The van der Waals surface area contributed by atoms with E-state index in [9.17, 15) is 4.79 Å². The quantitative estimate of drug-likeness (QED) is 0.581. The molecule has 0 fully saturated rings. The van der Waals surface area contributed by atoms with Crippen molar-refractivity contribution in [2.45, 2.75) is 25.8 Å². The highest BCUT2D eigenvalue weighted by atomic mass is 35.5. The molecule has 0 radical (unpaired) electrons. The first-order chi connectivity index (χ1) is 12.6. The molecule has 1 amide bonds. The van der Waals surface area contributed by atoms with E-state index >= 15 is 0 Å². The summed E-state index contributed by atoms with van der Waals surface area (Å²) in [5.41, 5.74) is 2.84. The van der Waals surface area contributed by atoms with Crippen LogP contribution in [0.4, 0.5) is 5.69 Å². The van der Waals surface area contributed by atoms with Crippen LogP contribution in [0.3, 0.4) is 0 Å². The third-order valence-corrected chi connectivity index (χ3v) is 4.59. The molecule has 0 N–H and O–H groups in total. The van der Waals surface area contributed by atoms with E-state index in [1.165, 1.54) is 0 Å². The molecular weight excluding hydrogens is 344 g/mol. The molecule has 3 rings (SSSR count). The first-order valence-corrected chi connectivity index (χ1v) is 9.02. The molecule has 3 aromatic rings. The van der Waals surface area contributed by atoms with Crippen LogP contribution in [0, 0.1) is 0 Å². The SMILES string of the molecule is CC(CC(=O)N(Cc1ccccn1)c1ccc(Cl)cc1)c1ccccc1. The second-order valence-corrected chi connectivity index (χ2v) is 6.73. The molecule has 0 aliphatic heterocycles. The van der Waals surface area contributed by atoms with Crippen molar-refractivity contribution in [1.82, 2.24) is 4.98 Å². The summed E-state index contributed by atoms with van der Waals surface area (Å²) >= 11 is 6.00. The van der Waals surface area contributed by atoms with Gasteiger partial charge >= 0.3 is 0 Å². The van der Waals surface area contributed by atoms with Gasteiger partial charge in [-0.05, 0) is 47.9 Å². The van der Waals surface area contributed by atoms with Crippen molar-refractivity contribution in [2.75, 3.05) is 4.90 Å². The lowest BCUT2D eigenvalue weighted by Crippen LogP contribution is -2.31. The number of amides is 1. The Labute approximate surface area is 159 Å². The molecule has 0 bridgehead atoms. The van der Waals surface area contributed by atoms with Crippen molar-refractivity contribution in [1.29, 1.82) is 0 Å². The summed E-state index contributed by atoms with van der Waals surface area (Å²) in [6, 6.07) is 23.2. The van der Waals surface area contributed by atoms with E-state index in [4.69, 9.17) is 11.6 Å². The number of rotatable bonds is 6. The minimum atomic E-state index is 0.0642. The first-order valence-electron chi connectivity index (χ1n) is 8.64. The topological polar surface area (TPSA) is 33.2 Å². The van der Waals surface area contributed by atoms with Gasteiger partial charge in [0.1, 0.15) is 0 Å². The molecule has 1 atom stereocenters. The number of carbonyl (C=O) groups excluding carboxylic acids is 1. The largest absolute Gasteiger partial charge is 0.306 e. The lowest BCUT2D eigenvalue weighted by Gasteiger charge is -2.24. The number of pyridine rings is 1. The number of halogens is 1. The van der Waals surface area contributed by atoms with Crippen LogP contribution in [-0.2, 0) is 11.3 Å². The second-order valence-electron chi connectivity index (χ2n) is 6.29. The normalized spacial score (nSPS) is 11.8. The molecule has 0 saturated carbocycles. The molecule has 1 unspecified atom stereocenters. The fourth-order valence-corrected chi connectivity index (χ4v) is 3.00. The summed E-state index contributed by atoms with van der Waals surface area (Å²) < 4.78 is 0. The van der Waals surface area contributed by atoms with Crippen molar-refractivity contribution in [3.8, 4) is 0 Å². The van der Waals surface area contributed by atoms with Gasteiger partial charge in [-0.1, -0.05) is 54.9 Å². The summed E-state index contributed by atoms with van der Waals surface area (Å²) in [6.07, 6.45) is 2.17. The van der Waals surface area contributed by atoms with Crippen molar-refractivity contribution in [2.24, 2.45) is 0 Å². The minimum Gasteiger partial charge on any atom is -0.306 e. The lowest BCUT2D eigenvalue weighted by atomic mass is 9.97. The predicted octanol–water partition coefficient (Wildman–Crippen LogP) is 5.46. The molecule has 1 aromatic heterocycles. The number of hydrogen-bond donors (Lipinski definition) is 0. The van der Waals surface area contributed by atoms with Gasteiger partial charge in [0.25, 0.3) is 0 Å². The van der Waals surface area contributed by atoms with Crippen LogP contribution >= 0.6 is 11.6 Å². The van der Waals surface area contributed by atoms with E-state index in [2.05, 4.69) is 24.0 Å². The van der Waals surface area contributed by atoms with Gasteiger partial charge in [-0.15, -0.1) is 0 Å². The molecular formula is C22H21ClN2O. The number of aromatic nitrogens is 1. The summed E-state index contributed by atoms with van der Waals surface area (Å²) in [4.78, 5) is 19.2. The van der Waals surface area contributed by atoms with Crippen LogP contribution in [-0.4, -0.2) is 10.9 Å². The monoisotopic (exact) mass is 364 g/mol. The van der Waals surface area contributed by atoms with Crippen LogP contribution in [0.25, 0.3) is 0 Å². The smallest absolute Gasteiger partial charge is 0.227 e. The summed E-state index contributed by atoms with van der Waals surface area (Å²) in [6.45, 7) is 2.51. The van der Waals surface area contributed by atoms with E-state index in [1.807, 2.05) is 48.5 Å². The van der Waals surface area contributed by atoms with Crippen molar-refractivity contribution < 1.29 is 4.79 Å². The molecule has 0 aliphatic carbocycles. The highest BCUT2D eigenvalue weighted by Crippen LogP contribution is 2.25. The number of anilines is 1. The van der Waals surface area contributed by atoms with Crippen LogP contribution in [0.1, 0.15) is 30.5 Å². The van der Waals surface area contributed by atoms with Crippen molar-refractivity contribution in [3.63, 3.8) is 0 Å². The van der Waals surface area contributed by atoms with E-state index in [-0.39, 0.29) is 11.8 Å². The second kappa shape index (κ2) is 8.63.